The zero-order valence-corrected chi connectivity index (χ0v) is 27.8. The molecule has 1 heterocycles. The molecule has 238 valence electrons. The Morgan fingerprint density at radius 1 is 0.373 bits per heavy atom. The summed E-state index contributed by atoms with van der Waals surface area (Å²) in [7, 11) is 0. The zero-order chi connectivity index (χ0) is 33.5. The van der Waals surface area contributed by atoms with Crippen LogP contribution in [0.3, 0.4) is 0 Å². The first-order chi connectivity index (χ1) is 25.3. The lowest BCUT2D eigenvalue weighted by atomic mass is 9.70. The quantitative estimate of drug-likeness (QED) is 0.189. The number of hydrogen-bond donors (Lipinski definition) is 0. The van der Waals surface area contributed by atoms with Gasteiger partial charge >= 0.3 is 0 Å². The first-order valence-electron chi connectivity index (χ1n) is 17.6. The number of rotatable bonds is 4. The van der Waals surface area contributed by atoms with Crippen molar-refractivity contribution < 1.29 is 4.42 Å². The van der Waals surface area contributed by atoms with Crippen molar-refractivity contribution in [2.75, 3.05) is 4.90 Å². The minimum Gasteiger partial charge on any atom is -0.454 e. The Bertz CT molecular complexity index is 2750. The molecule has 1 spiro atoms. The molecule has 0 aliphatic heterocycles. The molecule has 11 rings (SSSR count). The molecule has 0 N–H and O–H groups in total. The van der Waals surface area contributed by atoms with Crippen molar-refractivity contribution in [3.8, 4) is 33.4 Å². The van der Waals surface area contributed by atoms with Crippen LogP contribution in [-0.4, -0.2) is 0 Å². The minimum atomic E-state index is -0.427. The van der Waals surface area contributed by atoms with Gasteiger partial charge in [0.2, 0.25) is 0 Å². The second-order valence-corrected chi connectivity index (χ2v) is 13.6. The maximum atomic E-state index is 6.69. The Morgan fingerprint density at radius 2 is 0.902 bits per heavy atom. The zero-order valence-electron chi connectivity index (χ0n) is 27.8. The number of furan rings is 1. The number of para-hydroxylation sites is 2. The first-order valence-corrected chi connectivity index (χ1v) is 17.6. The van der Waals surface area contributed by atoms with E-state index in [-0.39, 0.29) is 0 Å². The smallest absolute Gasteiger partial charge is 0.159 e. The van der Waals surface area contributed by atoms with Gasteiger partial charge in [-0.05, 0) is 92.0 Å². The van der Waals surface area contributed by atoms with E-state index in [1.54, 1.807) is 0 Å². The molecule has 0 radical (unpaired) electrons. The molecule has 0 saturated heterocycles. The van der Waals surface area contributed by atoms with Gasteiger partial charge in [-0.25, -0.2) is 0 Å². The van der Waals surface area contributed by atoms with Crippen molar-refractivity contribution in [2.45, 2.75) is 5.41 Å². The highest BCUT2D eigenvalue weighted by atomic mass is 16.3. The van der Waals surface area contributed by atoms with E-state index in [4.69, 9.17) is 4.42 Å². The Labute approximate surface area is 296 Å². The molecule has 0 unspecified atom stereocenters. The van der Waals surface area contributed by atoms with Crippen molar-refractivity contribution in [1.29, 1.82) is 0 Å². The third kappa shape index (κ3) is 3.87. The van der Waals surface area contributed by atoms with E-state index in [1.165, 1.54) is 55.6 Å². The molecule has 0 amide bonds. The highest BCUT2D eigenvalue weighted by molar-refractivity contribution is 6.10. The Hall–Kier alpha value is -6.64. The maximum Gasteiger partial charge on any atom is 0.159 e. The van der Waals surface area contributed by atoms with Gasteiger partial charge in [0.25, 0.3) is 0 Å². The number of nitrogens with zero attached hydrogens (tertiary/aromatic N) is 1. The van der Waals surface area contributed by atoms with Crippen molar-refractivity contribution in [3.63, 3.8) is 0 Å². The third-order valence-electron chi connectivity index (χ3n) is 11.1. The summed E-state index contributed by atoms with van der Waals surface area (Å²) in [5.41, 5.74) is 17.4. The molecular formula is C49H31NO. The summed E-state index contributed by atoms with van der Waals surface area (Å²) in [6.45, 7) is 0. The minimum absolute atomic E-state index is 0.427. The topological polar surface area (TPSA) is 16.4 Å². The van der Waals surface area contributed by atoms with Crippen molar-refractivity contribution in [1.82, 2.24) is 0 Å². The SMILES string of the molecule is c1ccc(-c2ccc(N(c3ccc4c(c3)C3(c5ccccc5-c5ccccc53)c3ccccc3-4)c3cccc4c3oc3ccccc34)cc2)cc1. The number of benzene rings is 8. The molecule has 0 bridgehead atoms. The summed E-state index contributed by atoms with van der Waals surface area (Å²) in [4.78, 5) is 2.38. The fourth-order valence-corrected chi connectivity index (χ4v) is 8.99. The molecule has 0 saturated carbocycles. The fraction of sp³-hybridized carbons (Fsp3) is 0.0204. The number of fused-ring (bicyclic) bond motifs is 13. The Morgan fingerprint density at radius 3 is 1.59 bits per heavy atom. The van der Waals surface area contributed by atoms with Gasteiger partial charge in [-0.1, -0.05) is 152 Å². The van der Waals surface area contributed by atoms with E-state index in [0.717, 1.165) is 39.0 Å². The Kier molecular flexibility index (Phi) is 5.91. The number of anilines is 3. The normalized spacial score (nSPS) is 13.3. The summed E-state index contributed by atoms with van der Waals surface area (Å²) < 4.78 is 6.69. The average Bonchev–Trinajstić information content (AvgIpc) is 3.83. The van der Waals surface area contributed by atoms with Crippen LogP contribution in [0.25, 0.3) is 55.3 Å². The fourth-order valence-electron chi connectivity index (χ4n) is 8.99. The molecule has 0 fully saturated rings. The van der Waals surface area contributed by atoms with Gasteiger partial charge in [0.1, 0.15) is 5.58 Å². The molecule has 9 aromatic rings. The summed E-state index contributed by atoms with van der Waals surface area (Å²) in [5, 5.41) is 2.23. The van der Waals surface area contributed by atoms with Crippen molar-refractivity contribution in [2.24, 2.45) is 0 Å². The molecule has 1 aromatic heterocycles. The molecular weight excluding hydrogens is 619 g/mol. The van der Waals surface area contributed by atoms with Gasteiger partial charge in [0.05, 0.1) is 11.1 Å². The highest BCUT2D eigenvalue weighted by Gasteiger charge is 2.51. The second kappa shape index (κ2) is 10.7. The second-order valence-electron chi connectivity index (χ2n) is 13.6. The number of hydrogen-bond acceptors (Lipinski definition) is 2. The largest absolute Gasteiger partial charge is 0.454 e. The van der Waals surface area contributed by atoms with Gasteiger partial charge < -0.3 is 9.32 Å². The lowest BCUT2D eigenvalue weighted by Crippen LogP contribution is -2.26. The molecule has 2 heteroatoms. The van der Waals surface area contributed by atoms with E-state index in [1.807, 2.05) is 6.07 Å². The molecule has 0 atom stereocenters. The van der Waals surface area contributed by atoms with E-state index in [0.29, 0.717) is 0 Å². The molecule has 51 heavy (non-hydrogen) atoms. The summed E-state index contributed by atoms with van der Waals surface area (Å²) in [6, 6.07) is 68.4. The Balaban J connectivity index is 1.19. The van der Waals surface area contributed by atoms with Crippen LogP contribution in [0.1, 0.15) is 22.3 Å². The standard InChI is InChI=1S/C49H31NO/c1-2-13-32(14-3-1)33-25-27-34(28-26-33)50(46-23-12-19-41-40-18-7-11-24-47(40)51-48(41)46)35-29-30-39-38-17-6-10-22-44(38)49(45(39)31-35)42-20-8-4-15-36(42)37-16-5-9-21-43(37)49/h1-31H. The van der Waals surface area contributed by atoms with E-state index in [9.17, 15) is 0 Å². The highest BCUT2D eigenvalue weighted by Crippen LogP contribution is 2.63. The lowest BCUT2D eigenvalue weighted by molar-refractivity contribution is 0.669. The maximum absolute atomic E-state index is 6.69. The van der Waals surface area contributed by atoms with E-state index < -0.39 is 5.41 Å². The predicted molar refractivity (Wildman–Crippen MR) is 210 cm³/mol. The van der Waals surface area contributed by atoms with Crippen LogP contribution < -0.4 is 4.90 Å². The van der Waals surface area contributed by atoms with Crippen LogP contribution in [0, 0.1) is 0 Å². The van der Waals surface area contributed by atoms with Crippen molar-refractivity contribution >= 4 is 39.0 Å². The first kappa shape index (κ1) is 28.2. The summed E-state index contributed by atoms with van der Waals surface area (Å²) in [6.07, 6.45) is 0. The van der Waals surface area contributed by atoms with Crippen LogP contribution in [0.4, 0.5) is 17.1 Å². The average molecular weight is 650 g/mol. The molecule has 2 aliphatic carbocycles. The van der Waals surface area contributed by atoms with E-state index >= 15 is 0 Å². The van der Waals surface area contributed by atoms with Gasteiger partial charge in [0, 0.05) is 22.1 Å². The van der Waals surface area contributed by atoms with E-state index in [2.05, 4.69) is 187 Å². The van der Waals surface area contributed by atoms with Crippen LogP contribution in [-0.2, 0) is 5.41 Å². The van der Waals surface area contributed by atoms with Gasteiger partial charge in [-0.2, -0.15) is 0 Å². The van der Waals surface area contributed by atoms with Gasteiger partial charge in [-0.15, -0.1) is 0 Å². The molecule has 8 aromatic carbocycles. The van der Waals surface area contributed by atoms with Gasteiger partial charge in [-0.3, -0.25) is 0 Å². The predicted octanol–water partition coefficient (Wildman–Crippen LogP) is 13.1. The van der Waals surface area contributed by atoms with Crippen LogP contribution in [0.2, 0.25) is 0 Å². The van der Waals surface area contributed by atoms with Crippen LogP contribution >= 0.6 is 0 Å². The summed E-state index contributed by atoms with van der Waals surface area (Å²) in [5.74, 6) is 0. The van der Waals surface area contributed by atoms with Crippen molar-refractivity contribution in [3.05, 3.63) is 210 Å². The van der Waals surface area contributed by atoms with Gasteiger partial charge in [0.15, 0.2) is 5.58 Å². The third-order valence-corrected chi connectivity index (χ3v) is 11.1. The molecule has 2 nitrogen and oxygen atoms in total. The monoisotopic (exact) mass is 649 g/mol. The summed E-state index contributed by atoms with van der Waals surface area (Å²) >= 11 is 0. The van der Waals surface area contributed by atoms with Crippen LogP contribution in [0.5, 0.6) is 0 Å². The lowest BCUT2D eigenvalue weighted by Gasteiger charge is -2.32. The molecule has 2 aliphatic rings. The van der Waals surface area contributed by atoms with Crippen LogP contribution in [0.15, 0.2) is 192 Å².